The van der Waals surface area contributed by atoms with E-state index in [1.807, 2.05) is 54.6 Å². The Balaban J connectivity index is 1.49. The van der Waals surface area contributed by atoms with Gasteiger partial charge in [-0.15, -0.1) is 4.40 Å². The van der Waals surface area contributed by atoms with Gasteiger partial charge in [0, 0.05) is 12.2 Å². The molecule has 0 bridgehead atoms. The van der Waals surface area contributed by atoms with Crippen LogP contribution < -0.4 is 5.32 Å². The predicted molar refractivity (Wildman–Crippen MR) is 137 cm³/mol. The molecule has 0 aromatic heterocycles. The number of benzene rings is 3. The maximum Gasteiger partial charge on any atom is 0.301 e. The van der Waals surface area contributed by atoms with Gasteiger partial charge in [-0.2, -0.15) is 0 Å². The van der Waals surface area contributed by atoms with E-state index in [4.69, 9.17) is 4.74 Å². The van der Waals surface area contributed by atoms with Gasteiger partial charge in [0.2, 0.25) is 0 Å². The van der Waals surface area contributed by atoms with E-state index in [-0.39, 0.29) is 19.0 Å². The molecule has 3 aromatic rings. The molecule has 2 N–H and O–H groups in total. The molecule has 1 aliphatic heterocycles. The highest BCUT2D eigenvalue weighted by Crippen LogP contribution is 2.50. The number of ether oxygens (including phenoxy) is 1. The van der Waals surface area contributed by atoms with Crippen molar-refractivity contribution in [3.05, 3.63) is 95.8 Å². The molecule has 188 valence electrons. The smallest absolute Gasteiger partial charge is 0.301 e. The lowest BCUT2D eigenvalue weighted by Crippen LogP contribution is -2.49. The summed E-state index contributed by atoms with van der Waals surface area (Å²) in [6.07, 6.45) is 3.00. The molecule has 1 aliphatic carbocycles. The van der Waals surface area contributed by atoms with Crippen LogP contribution in [0.25, 0.3) is 11.1 Å². The molecule has 0 radical (unpaired) electrons. The number of hydrogen-bond acceptors (Lipinski definition) is 5. The molecule has 1 heterocycles. The number of rotatable bonds is 6. The Labute approximate surface area is 210 Å². The quantitative estimate of drug-likeness (QED) is 0.473. The van der Waals surface area contributed by atoms with Gasteiger partial charge in [-0.05, 0) is 54.9 Å². The highest BCUT2D eigenvalue weighted by Gasteiger charge is 2.54. The van der Waals surface area contributed by atoms with Crippen LogP contribution in [0.4, 0.5) is 4.39 Å². The van der Waals surface area contributed by atoms with Gasteiger partial charge in [0.1, 0.15) is 16.7 Å². The third-order valence-electron chi connectivity index (χ3n) is 7.05. The lowest BCUT2D eigenvalue weighted by atomic mass is 9.90. The minimum atomic E-state index is -4.00. The molecule has 1 saturated carbocycles. The first-order valence-electron chi connectivity index (χ1n) is 12.2. The van der Waals surface area contributed by atoms with Crippen molar-refractivity contribution in [2.75, 3.05) is 6.61 Å². The molecule has 5 rings (SSSR count). The molecule has 2 aliphatic rings. The topological polar surface area (TPSA) is 88.0 Å². The SMILES string of the molecule is O=S1(=O)N=C(NC(CCO)c2ccccc2F)OC2(CCCC2)[C@@H]1c1ccc(-c2ccccc2)cc1. The molecular formula is C28H29FN2O4S. The summed E-state index contributed by atoms with van der Waals surface area (Å²) in [7, 11) is -4.00. The summed E-state index contributed by atoms with van der Waals surface area (Å²) in [5.74, 6) is -0.449. The Hall–Kier alpha value is -3.23. The Morgan fingerprint density at radius 3 is 2.28 bits per heavy atom. The molecular weight excluding hydrogens is 479 g/mol. The summed E-state index contributed by atoms with van der Waals surface area (Å²) in [6, 6.07) is 22.8. The van der Waals surface area contributed by atoms with Crippen LogP contribution in [0.1, 0.15) is 54.5 Å². The van der Waals surface area contributed by atoms with E-state index in [0.29, 0.717) is 24.0 Å². The number of amidine groups is 1. The highest BCUT2D eigenvalue weighted by molar-refractivity contribution is 7.90. The standard InChI is InChI=1S/C28H29FN2O4S/c29-24-11-5-4-10-23(24)25(16-19-32)30-27-31-36(33,34)26(28(35-27)17-6-7-18-28)22-14-12-21(13-15-22)20-8-2-1-3-9-20/h1-5,8-15,25-26,32H,6-7,16-19H2,(H,30,31)/t25?,26-/m0/s1. The van der Waals surface area contributed by atoms with Crippen molar-refractivity contribution >= 4 is 16.0 Å². The van der Waals surface area contributed by atoms with E-state index in [9.17, 15) is 17.9 Å². The molecule has 1 unspecified atom stereocenters. The Kier molecular flexibility index (Phi) is 6.81. The molecule has 3 aromatic carbocycles. The zero-order chi connectivity index (χ0) is 25.2. The number of aliphatic hydroxyl groups excluding tert-OH is 1. The molecule has 1 spiro atoms. The van der Waals surface area contributed by atoms with Gasteiger partial charge in [-0.3, -0.25) is 0 Å². The van der Waals surface area contributed by atoms with Crippen LogP contribution in [-0.4, -0.2) is 31.8 Å². The van der Waals surface area contributed by atoms with Crippen molar-refractivity contribution < 1.29 is 22.7 Å². The molecule has 36 heavy (non-hydrogen) atoms. The summed E-state index contributed by atoms with van der Waals surface area (Å²) >= 11 is 0. The largest absolute Gasteiger partial charge is 0.456 e. The maximum absolute atomic E-state index is 14.5. The second-order valence-corrected chi connectivity index (χ2v) is 11.1. The van der Waals surface area contributed by atoms with E-state index in [0.717, 1.165) is 24.0 Å². The van der Waals surface area contributed by atoms with Gasteiger partial charge >= 0.3 is 6.02 Å². The Bertz CT molecular complexity index is 1340. The minimum absolute atomic E-state index is 0.143. The second-order valence-electron chi connectivity index (χ2n) is 9.38. The van der Waals surface area contributed by atoms with E-state index in [2.05, 4.69) is 9.71 Å². The summed E-state index contributed by atoms with van der Waals surface area (Å²) in [5, 5.41) is 11.6. The number of hydrogen-bond donors (Lipinski definition) is 2. The van der Waals surface area contributed by atoms with Gasteiger partial charge < -0.3 is 15.2 Å². The predicted octanol–water partition coefficient (Wildman–Crippen LogP) is 5.28. The number of aliphatic hydroxyl groups is 1. The van der Waals surface area contributed by atoms with E-state index in [1.54, 1.807) is 18.2 Å². The average Bonchev–Trinajstić information content (AvgIpc) is 3.32. The summed E-state index contributed by atoms with van der Waals surface area (Å²) in [5.41, 5.74) is 2.04. The van der Waals surface area contributed by atoms with Gasteiger partial charge in [0.15, 0.2) is 0 Å². The fourth-order valence-corrected chi connectivity index (χ4v) is 7.15. The van der Waals surface area contributed by atoms with Gasteiger partial charge in [-0.25, -0.2) is 12.8 Å². The number of nitrogens with zero attached hydrogens (tertiary/aromatic N) is 1. The first-order chi connectivity index (χ1) is 17.4. The van der Waals surface area contributed by atoms with Crippen LogP contribution in [0, 0.1) is 5.82 Å². The molecule has 1 fully saturated rings. The monoisotopic (exact) mass is 508 g/mol. The Morgan fingerprint density at radius 2 is 1.61 bits per heavy atom. The first-order valence-corrected chi connectivity index (χ1v) is 13.7. The fraction of sp³-hybridized carbons (Fsp3) is 0.321. The van der Waals surface area contributed by atoms with Crippen LogP contribution in [0.5, 0.6) is 0 Å². The second kappa shape index (κ2) is 10.0. The van der Waals surface area contributed by atoms with E-state index < -0.39 is 32.7 Å². The normalized spacial score (nSPS) is 20.9. The number of sulfonamides is 1. The molecule has 6 nitrogen and oxygen atoms in total. The zero-order valence-electron chi connectivity index (χ0n) is 19.8. The summed E-state index contributed by atoms with van der Waals surface area (Å²) in [6.45, 7) is -0.215. The lowest BCUT2D eigenvalue weighted by molar-refractivity contribution is 0.0452. The Morgan fingerprint density at radius 1 is 0.972 bits per heavy atom. The molecule has 2 atom stereocenters. The van der Waals surface area contributed by atoms with Crippen molar-refractivity contribution in [3.63, 3.8) is 0 Å². The summed E-state index contributed by atoms with van der Waals surface area (Å²) in [4.78, 5) is 0. The average molecular weight is 509 g/mol. The minimum Gasteiger partial charge on any atom is -0.456 e. The third kappa shape index (κ3) is 4.75. The fourth-order valence-electron chi connectivity index (χ4n) is 5.40. The van der Waals surface area contributed by atoms with Crippen molar-refractivity contribution in [1.82, 2.24) is 5.32 Å². The highest BCUT2D eigenvalue weighted by atomic mass is 32.2. The van der Waals surface area contributed by atoms with Crippen LogP contribution >= 0.6 is 0 Å². The van der Waals surface area contributed by atoms with Crippen LogP contribution in [-0.2, 0) is 14.8 Å². The van der Waals surface area contributed by atoms with Crippen LogP contribution in [0.3, 0.4) is 0 Å². The number of nitrogens with one attached hydrogen (secondary N) is 1. The van der Waals surface area contributed by atoms with Gasteiger partial charge in [0.05, 0.1) is 6.04 Å². The van der Waals surface area contributed by atoms with Crippen molar-refractivity contribution in [3.8, 4) is 11.1 Å². The van der Waals surface area contributed by atoms with Gasteiger partial charge in [0.25, 0.3) is 10.0 Å². The van der Waals surface area contributed by atoms with Crippen molar-refractivity contribution in [2.24, 2.45) is 4.40 Å². The van der Waals surface area contributed by atoms with Crippen LogP contribution in [0.2, 0.25) is 0 Å². The third-order valence-corrected chi connectivity index (χ3v) is 8.77. The summed E-state index contributed by atoms with van der Waals surface area (Å²) < 4.78 is 52.1. The maximum atomic E-state index is 14.5. The van der Waals surface area contributed by atoms with E-state index in [1.165, 1.54) is 6.07 Å². The molecule has 0 amide bonds. The lowest BCUT2D eigenvalue weighted by Gasteiger charge is -2.40. The van der Waals surface area contributed by atoms with Crippen molar-refractivity contribution in [1.29, 1.82) is 0 Å². The van der Waals surface area contributed by atoms with Crippen LogP contribution in [0.15, 0.2) is 83.3 Å². The number of halogens is 1. The first kappa shape index (κ1) is 24.5. The van der Waals surface area contributed by atoms with Gasteiger partial charge in [-0.1, -0.05) is 72.8 Å². The van der Waals surface area contributed by atoms with Crippen molar-refractivity contribution in [2.45, 2.75) is 49.0 Å². The molecule has 0 saturated heterocycles. The van der Waals surface area contributed by atoms with E-state index >= 15 is 0 Å². The zero-order valence-corrected chi connectivity index (χ0v) is 20.6. The molecule has 8 heteroatoms.